The van der Waals surface area contributed by atoms with Crippen LogP contribution in [0.4, 0.5) is 5.69 Å². The number of anilines is 1. The molecule has 24 heavy (non-hydrogen) atoms. The molecule has 1 aromatic carbocycles. The van der Waals surface area contributed by atoms with Gasteiger partial charge in [0, 0.05) is 32.5 Å². The molecule has 0 bridgehead atoms. The molecule has 126 valence electrons. The lowest BCUT2D eigenvalue weighted by Gasteiger charge is -2.12. The zero-order valence-electron chi connectivity index (χ0n) is 13.7. The number of aliphatic hydroxyl groups is 1. The van der Waals surface area contributed by atoms with Gasteiger partial charge in [-0.2, -0.15) is 0 Å². The molecule has 0 fully saturated rings. The van der Waals surface area contributed by atoms with E-state index in [0.717, 1.165) is 24.7 Å². The SMILES string of the molecule is CNC(=O)C(=C/C(O)=C/C=C/N1CCc2ccccc21)C(=O)NC. The van der Waals surface area contributed by atoms with Crippen LogP contribution in [-0.2, 0) is 16.0 Å². The molecule has 0 spiro atoms. The third kappa shape index (κ3) is 4.04. The molecule has 0 saturated heterocycles. The molecule has 0 unspecified atom stereocenters. The molecule has 0 saturated carbocycles. The van der Waals surface area contributed by atoms with Crippen molar-refractivity contribution in [3.8, 4) is 0 Å². The van der Waals surface area contributed by atoms with E-state index >= 15 is 0 Å². The standard InChI is InChI=1S/C18H21N3O3/c1-19-17(23)15(18(24)20-2)12-14(22)7-5-10-21-11-9-13-6-3-4-8-16(13)21/h3-8,10,12,22H,9,11H2,1-2H3,(H,19,23)(H,20,24)/b10-5+,14-7-. The predicted molar refractivity (Wildman–Crippen MR) is 93.6 cm³/mol. The monoisotopic (exact) mass is 327 g/mol. The maximum atomic E-state index is 11.7. The van der Waals surface area contributed by atoms with Crippen molar-refractivity contribution in [1.82, 2.24) is 10.6 Å². The summed E-state index contributed by atoms with van der Waals surface area (Å²) < 4.78 is 0. The molecular weight excluding hydrogens is 306 g/mol. The molecule has 3 N–H and O–H groups in total. The second-order valence-electron chi connectivity index (χ2n) is 5.22. The minimum Gasteiger partial charge on any atom is -0.508 e. The molecule has 0 aromatic heterocycles. The quantitative estimate of drug-likeness (QED) is 0.251. The Hall–Kier alpha value is -3.02. The number of hydrogen-bond donors (Lipinski definition) is 3. The molecule has 6 heteroatoms. The van der Waals surface area contributed by atoms with E-state index < -0.39 is 11.8 Å². The van der Waals surface area contributed by atoms with Crippen LogP contribution in [0.1, 0.15) is 5.56 Å². The first-order valence-electron chi connectivity index (χ1n) is 7.64. The first-order chi connectivity index (χ1) is 11.6. The highest BCUT2D eigenvalue weighted by atomic mass is 16.3. The Bertz CT molecular complexity index is 702. The third-order valence-electron chi connectivity index (χ3n) is 3.69. The summed E-state index contributed by atoms with van der Waals surface area (Å²) in [6.07, 6.45) is 7.09. The van der Waals surface area contributed by atoms with Crippen molar-refractivity contribution >= 4 is 17.5 Å². The molecule has 2 rings (SSSR count). The van der Waals surface area contributed by atoms with Crippen LogP contribution in [0.5, 0.6) is 0 Å². The number of para-hydroxylation sites is 1. The van der Waals surface area contributed by atoms with Crippen LogP contribution in [-0.4, -0.2) is 37.6 Å². The zero-order chi connectivity index (χ0) is 17.5. The van der Waals surface area contributed by atoms with Gasteiger partial charge in [0.05, 0.1) is 0 Å². The Labute approximate surface area is 141 Å². The molecule has 2 amide bonds. The molecule has 0 atom stereocenters. The first-order valence-corrected chi connectivity index (χ1v) is 7.64. The lowest BCUT2D eigenvalue weighted by atomic mass is 10.2. The Morgan fingerprint density at radius 3 is 2.50 bits per heavy atom. The van der Waals surface area contributed by atoms with Gasteiger partial charge in [0.1, 0.15) is 11.3 Å². The van der Waals surface area contributed by atoms with Crippen molar-refractivity contribution in [3.05, 3.63) is 65.6 Å². The number of benzene rings is 1. The smallest absolute Gasteiger partial charge is 0.256 e. The number of likely N-dealkylation sites (N-methyl/N-ethyl adjacent to an activating group) is 2. The summed E-state index contributed by atoms with van der Waals surface area (Å²) in [5.74, 6) is -1.31. The maximum Gasteiger partial charge on any atom is 0.256 e. The largest absolute Gasteiger partial charge is 0.508 e. The number of allylic oxidation sites excluding steroid dienone is 3. The third-order valence-corrected chi connectivity index (χ3v) is 3.69. The average molecular weight is 327 g/mol. The minimum atomic E-state index is -0.563. The fourth-order valence-corrected chi connectivity index (χ4v) is 2.46. The number of rotatable bonds is 5. The normalized spacial score (nSPS) is 13.6. The fourth-order valence-electron chi connectivity index (χ4n) is 2.46. The predicted octanol–water partition coefficient (Wildman–Crippen LogP) is 1.42. The number of nitrogens with zero attached hydrogens (tertiary/aromatic N) is 1. The van der Waals surface area contributed by atoms with Gasteiger partial charge in [-0.25, -0.2) is 0 Å². The van der Waals surface area contributed by atoms with E-state index in [1.807, 2.05) is 24.4 Å². The van der Waals surface area contributed by atoms with Crippen LogP contribution in [0.2, 0.25) is 0 Å². The van der Waals surface area contributed by atoms with E-state index in [1.165, 1.54) is 25.7 Å². The summed E-state index contributed by atoms with van der Waals surface area (Å²) in [6, 6.07) is 8.14. The Kier molecular flexibility index (Phi) is 5.78. The number of amides is 2. The molecule has 1 aliphatic rings. The Morgan fingerprint density at radius 2 is 1.83 bits per heavy atom. The lowest BCUT2D eigenvalue weighted by molar-refractivity contribution is -0.123. The number of aliphatic hydroxyl groups excluding tert-OH is 1. The van der Waals surface area contributed by atoms with Crippen molar-refractivity contribution in [3.63, 3.8) is 0 Å². The van der Waals surface area contributed by atoms with Gasteiger partial charge in [-0.3, -0.25) is 9.59 Å². The topological polar surface area (TPSA) is 81.7 Å². The first kappa shape index (κ1) is 17.3. The Balaban J connectivity index is 2.12. The van der Waals surface area contributed by atoms with Gasteiger partial charge in [-0.1, -0.05) is 18.2 Å². The van der Waals surface area contributed by atoms with E-state index in [4.69, 9.17) is 0 Å². The zero-order valence-corrected chi connectivity index (χ0v) is 13.7. The summed E-state index contributed by atoms with van der Waals surface area (Å²) in [5.41, 5.74) is 2.28. The summed E-state index contributed by atoms with van der Waals surface area (Å²) in [5, 5.41) is 14.7. The van der Waals surface area contributed by atoms with Gasteiger partial charge in [0.15, 0.2) is 0 Å². The summed E-state index contributed by atoms with van der Waals surface area (Å²) in [7, 11) is 2.84. The van der Waals surface area contributed by atoms with E-state index in [0.29, 0.717) is 0 Å². The van der Waals surface area contributed by atoms with Crippen molar-refractivity contribution in [2.45, 2.75) is 6.42 Å². The highest BCUT2D eigenvalue weighted by Gasteiger charge is 2.16. The van der Waals surface area contributed by atoms with Crippen molar-refractivity contribution in [1.29, 1.82) is 0 Å². The molecular formula is C18H21N3O3. The van der Waals surface area contributed by atoms with Crippen LogP contribution in [0.15, 0.2) is 60.0 Å². The minimum absolute atomic E-state index is 0.159. The summed E-state index contributed by atoms with van der Waals surface area (Å²) in [4.78, 5) is 25.4. The van der Waals surface area contributed by atoms with Crippen molar-refractivity contribution in [2.75, 3.05) is 25.5 Å². The molecule has 0 radical (unpaired) electrons. The molecule has 1 aromatic rings. The van der Waals surface area contributed by atoms with Gasteiger partial charge < -0.3 is 20.6 Å². The van der Waals surface area contributed by atoms with Crippen molar-refractivity contribution in [2.24, 2.45) is 0 Å². The second kappa shape index (κ2) is 8.01. The lowest BCUT2D eigenvalue weighted by Crippen LogP contribution is -2.31. The molecule has 1 heterocycles. The highest BCUT2D eigenvalue weighted by molar-refractivity contribution is 6.18. The van der Waals surface area contributed by atoms with Gasteiger partial charge in [0.2, 0.25) is 0 Å². The van der Waals surface area contributed by atoms with Crippen LogP contribution < -0.4 is 15.5 Å². The second-order valence-corrected chi connectivity index (χ2v) is 5.22. The number of hydrogen-bond acceptors (Lipinski definition) is 4. The number of nitrogens with one attached hydrogen (secondary N) is 2. The van der Waals surface area contributed by atoms with Gasteiger partial charge in [0.25, 0.3) is 11.8 Å². The van der Waals surface area contributed by atoms with E-state index in [2.05, 4.69) is 21.6 Å². The van der Waals surface area contributed by atoms with Gasteiger partial charge in [-0.15, -0.1) is 0 Å². The van der Waals surface area contributed by atoms with E-state index in [9.17, 15) is 14.7 Å². The van der Waals surface area contributed by atoms with E-state index in [-0.39, 0.29) is 11.3 Å². The van der Waals surface area contributed by atoms with Gasteiger partial charge >= 0.3 is 0 Å². The summed E-state index contributed by atoms with van der Waals surface area (Å²) in [6.45, 7) is 0.877. The molecule has 1 aliphatic heterocycles. The fraction of sp³-hybridized carbons (Fsp3) is 0.222. The molecule has 6 nitrogen and oxygen atoms in total. The van der Waals surface area contributed by atoms with E-state index in [1.54, 1.807) is 6.08 Å². The number of fused-ring (bicyclic) bond motifs is 1. The van der Waals surface area contributed by atoms with Crippen LogP contribution in [0.25, 0.3) is 0 Å². The Morgan fingerprint density at radius 1 is 1.17 bits per heavy atom. The summed E-state index contributed by atoms with van der Waals surface area (Å²) >= 11 is 0. The number of carbonyl (C=O) groups is 2. The molecule has 0 aliphatic carbocycles. The maximum absolute atomic E-state index is 11.7. The highest BCUT2D eigenvalue weighted by Crippen LogP contribution is 2.27. The van der Waals surface area contributed by atoms with Crippen molar-refractivity contribution < 1.29 is 14.7 Å². The average Bonchev–Trinajstić information content (AvgIpc) is 3.01. The van der Waals surface area contributed by atoms with Crippen LogP contribution in [0.3, 0.4) is 0 Å². The van der Waals surface area contributed by atoms with Crippen LogP contribution in [0, 0.1) is 0 Å². The van der Waals surface area contributed by atoms with Gasteiger partial charge in [-0.05, 0) is 36.3 Å². The number of carbonyl (C=O) groups excluding carboxylic acids is 2. The van der Waals surface area contributed by atoms with Crippen LogP contribution >= 0.6 is 0 Å².